The highest BCUT2D eigenvalue weighted by Gasteiger charge is 2.28. The van der Waals surface area contributed by atoms with E-state index in [1.54, 1.807) is 13.8 Å². The number of carbonyl (C=O) groups is 4. The molecule has 10 heteroatoms. The van der Waals surface area contributed by atoms with E-state index in [1.165, 1.54) is 6.92 Å². The van der Waals surface area contributed by atoms with Gasteiger partial charge in [-0.2, -0.15) is 12.6 Å². The minimum atomic E-state index is -1.17. The second kappa shape index (κ2) is 10.1. The summed E-state index contributed by atoms with van der Waals surface area (Å²) in [6.45, 7) is 4.48. The highest BCUT2D eigenvalue weighted by molar-refractivity contribution is 7.80. The number of carboxylic acids is 1. The van der Waals surface area contributed by atoms with E-state index < -0.39 is 41.8 Å². The van der Waals surface area contributed by atoms with Crippen LogP contribution >= 0.6 is 12.6 Å². The van der Waals surface area contributed by atoms with Gasteiger partial charge in [-0.25, -0.2) is 4.79 Å². The zero-order chi connectivity index (χ0) is 18.2. The number of hydrogen-bond donors (Lipinski definition) is 6. The van der Waals surface area contributed by atoms with Gasteiger partial charge < -0.3 is 26.8 Å². The van der Waals surface area contributed by atoms with Gasteiger partial charge in [0.25, 0.3) is 0 Å². The molecule has 132 valence electrons. The smallest absolute Gasteiger partial charge is 0.326 e. The van der Waals surface area contributed by atoms with E-state index in [4.69, 9.17) is 10.8 Å². The molecule has 0 saturated heterocycles. The molecule has 23 heavy (non-hydrogen) atoms. The van der Waals surface area contributed by atoms with E-state index >= 15 is 0 Å². The second-order valence-electron chi connectivity index (χ2n) is 5.31. The predicted octanol–water partition coefficient (Wildman–Crippen LogP) is -1.91. The van der Waals surface area contributed by atoms with Gasteiger partial charge >= 0.3 is 5.97 Å². The Labute approximate surface area is 140 Å². The van der Waals surface area contributed by atoms with Crippen LogP contribution in [0.3, 0.4) is 0 Å². The first-order chi connectivity index (χ1) is 10.6. The van der Waals surface area contributed by atoms with Crippen LogP contribution in [0.2, 0.25) is 0 Å². The summed E-state index contributed by atoms with van der Waals surface area (Å²) in [4.78, 5) is 46.2. The highest BCUT2D eigenvalue weighted by Crippen LogP contribution is 2.03. The number of rotatable bonds is 9. The topological polar surface area (TPSA) is 151 Å². The van der Waals surface area contributed by atoms with Crippen molar-refractivity contribution in [2.45, 2.75) is 38.9 Å². The molecular formula is C13H24N4O5S. The van der Waals surface area contributed by atoms with E-state index in [0.717, 1.165) is 0 Å². The molecule has 3 amide bonds. The number of thiol groups is 1. The van der Waals surface area contributed by atoms with E-state index in [9.17, 15) is 19.2 Å². The molecule has 0 aliphatic heterocycles. The Bertz CT molecular complexity index is 458. The lowest BCUT2D eigenvalue weighted by molar-refractivity contribution is -0.143. The Balaban J connectivity index is 4.75. The average molecular weight is 348 g/mol. The average Bonchev–Trinajstić information content (AvgIpc) is 2.48. The molecule has 3 atom stereocenters. The molecular weight excluding hydrogens is 324 g/mol. The van der Waals surface area contributed by atoms with Crippen LogP contribution in [0, 0.1) is 5.92 Å². The molecule has 0 heterocycles. The molecule has 0 saturated carbocycles. The first kappa shape index (κ1) is 21.2. The summed E-state index contributed by atoms with van der Waals surface area (Å²) in [6, 6.07) is -2.98. The van der Waals surface area contributed by atoms with Gasteiger partial charge in [0.15, 0.2) is 0 Å². The van der Waals surface area contributed by atoms with Crippen molar-refractivity contribution < 1.29 is 24.3 Å². The molecule has 6 N–H and O–H groups in total. The fourth-order valence-electron chi connectivity index (χ4n) is 1.62. The lowest BCUT2D eigenvalue weighted by atomic mass is 10.0. The Hall–Kier alpha value is -1.81. The zero-order valence-corrected chi connectivity index (χ0v) is 14.2. The Morgan fingerprint density at radius 3 is 2.00 bits per heavy atom. The lowest BCUT2D eigenvalue weighted by Gasteiger charge is -2.23. The molecule has 0 radical (unpaired) electrons. The summed E-state index contributed by atoms with van der Waals surface area (Å²) in [5.41, 5.74) is 5.13. The van der Waals surface area contributed by atoms with Crippen LogP contribution in [-0.2, 0) is 19.2 Å². The van der Waals surface area contributed by atoms with Crippen molar-refractivity contribution in [3.8, 4) is 0 Å². The summed E-state index contributed by atoms with van der Waals surface area (Å²) in [6.07, 6.45) is 0. The minimum Gasteiger partial charge on any atom is -0.480 e. The number of carbonyl (C=O) groups excluding carboxylic acids is 3. The third-order valence-corrected chi connectivity index (χ3v) is 3.37. The predicted molar refractivity (Wildman–Crippen MR) is 86.8 cm³/mol. The summed E-state index contributed by atoms with van der Waals surface area (Å²) < 4.78 is 0. The van der Waals surface area contributed by atoms with Crippen LogP contribution < -0.4 is 21.7 Å². The number of aliphatic carboxylic acids is 1. The van der Waals surface area contributed by atoms with Gasteiger partial charge in [-0.15, -0.1) is 0 Å². The molecule has 0 aromatic heterocycles. The number of nitrogens with one attached hydrogen (secondary N) is 3. The van der Waals surface area contributed by atoms with Crippen molar-refractivity contribution in [1.82, 2.24) is 16.0 Å². The van der Waals surface area contributed by atoms with Crippen molar-refractivity contribution in [3.05, 3.63) is 0 Å². The number of nitrogens with two attached hydrogens (primary N) is 1. The first-order valence-corrected chi connectivity index (χ1v) is 7.71. The fraction of sp³-hybridized carbons (Fsp3) is 0.692. The zero-order valence-electron chi connectivity index (χ0n) is 13.3. The summed E-state index contributed by atoms with van der Waals surface area (Å²) in [7, 11) is 0. The van der Waals surface area contributed by atoms with Crippen LogP contribution in [-0.4, -0.2) is 59.2 Å². The van der Waals surface area contributed by atoms with Crippen molar-refractivity contribution in [2.24, 2.45) is 11.7 Å². The molecule has 0 fully saturated rings. The van der Waals surface area contributed by atoms with Crippen LogP contribution in [0.25, 0.3) is 0 Å². The molecule has 0 aromatic carbocycles. The van der Waals surface area contributed by atoms with Gasteiger partial charge in [-0.05, 0) is 12.8 Å². The lowest BCUT2D eigenvalue weighted by Crippen LogP contribution is -2.56. The Kier molecular flexibility index (Phi) is 9.27. The number of carboxylic acid groups (broad SMARTS) is 1. The molecule has 0 bridgehead atoms. The van der Waals surface area contributed by atoms with Gasteiger partial charge in [0.05, 0.1) is 6.54 Å². The van der Waals surface area contributed by atoms with Crippen LogP contribution in [0.4, 0.5) is 0 Å². The van der Waals surface area contributed by atoms with Crippen molar-refractivity contribution in [3.63, 3.8) is 0 Å². The fourth-order valence-corrected chi connectivity index (χ4v) is 1.88. The molecule has 0 rings (SSSR count). The quantitative estimate of drug-likeness (QED) is 0.268. The van der Waals surface area contributed by atoms with Crippen LogP contribution in [0.15, 0.2) is 0 Å². The summed E-state index contributed by atoms with van der Waals surface area (Å²) in [5.74, 6) is -3.29. The maximum absolute atomic E-state index is 12.1. The number of hydrogen-bond acceptors (Lipinski definition) is 6. The third-order valence-electron chi connectivity index (χ3n) is 3.00. The minimum absolute atomic E-state index is 0.0282. The van der Waals surface area contributed by atoms with Crippen LogP contribution in [0.1, 0.15) is 20.8 Å². The molecule has 0 aliphatic rings. The SMILES string of the molecule is CC(NC(=O)CN)C(=O)NC(CS)C(=O)NC(C(=O)O)C(C)C. The van der Waals surface area contributed by atoms with Gasteiger partial charge in [-0.1, -0.05) is 13.8 Å². The van der Waals surface area contributed by atoms with Crippen molar-refractivity contribution >= 4 is 36.3 Å². The van der Waals surface area contributed by atoms with E-state index in [-0.39, 0.29) is 18.2 Å². The van der Waals surface area contributed by atoms with Gasteiger partial charge in [0, 0.05) is 5.75 Å². The van der Waals surface area contributed by atoms with Crippen molar-refractivity contribution in [1.29, 1.82) is 0 Å². The molecule has 3 unspecified atom stereocenters. The van der Waals surface area contributed by atoms with E-state index in [1.807, 2.05) is 0 Å². The maximum Gasteiger partial charge on any atom is 0.326 e. The second-order valence-corrected chi connectivity index (χ2v) is 5.67. The van der Waals surface area contributed by atoms with Gasteiger partial charge in [-0.3, -0.25) is 14.4 Å². The van der Waals surface area contributed by atoms with Gasteiger partial charge in [0.2, 0.25) is 17.7 Å². The molecule has 0 aliphatic carbocycles. The van der Waals surface area contributed by atoms with Crippen LogP contribution in [0.5, 0.6) is 0 Å². The maximum atomic E-state index is 12.1. The van der Waals surface area contributed by atoms with Crippen molar-refractivity contribution in [2.75, 3.05) is 12.3 Å². The normalized spacial score (nSPS) is 14.5. The Morgan fingerprint density at radius 1 is 1.04 bits per heavy atom. The number of amides is 3. The van der Waals surface area contributed by atoms with E-state index in [2.05, 4.69) is 28.6 Å². The highest BCUT2D eigenvalue weighted by atomic mass is 32.1. The first-order valence-electron chi connectivity index (χ1n) is 7.07. The summed E-state index contributed by atoms with van der Waals surface area (Å²) >= 11 is 3.98. The Morgan fingerprint density at radius 2 is 1.61 bits per heavy atom. The summed E-state index contributed by atoms with van der Waals surface area (Å²) in [5, 5.41) is 16.2. The molecule has 9 nitrogen and oxygen atoms in total. The largest absolute Gasteiger partial charge is 0.480 e. The van der Waals surface area contributed by atoms with E-state index in [0.29, 0.717) is 0 Å². The standard InChI is InChI=1S/C13H24N4O5S/c1-6(2)10(13(21)22)17-12(20)8(5-23)16-11(19)7(3)15-9(18)4-14/h6-8,10,23H,4-5,14H2,1-3H3,(H,15,18)(H,16,19)(H,17,20)(H,21,22). The third kappa shape index (κ3) is 7.33. The van der Waals surface area contributed by atoms with Gasteiger partial charge in [0.1, 0.15) is 18.1 Å². The monoisotopic (exact) mass is 348 g/mol. The molecule has 0 aromatic rings. The molecule has 0 spiro atoms.